The third-order valence-corrected chi connectivity index (χ3v) is 5.73. The summed E-state index contributed by atoms with van der Waals surface area (Å²) in [6.45, 7) is 0. The first-order valence-corrected chi connectivity index (χ1v) is 9.63. The largest absolute Gasteiger partial charge is 0.497 e. The van der Waals surface area contributed by atoms with E-state index in [1.807, 2.05) is 30.3 Å². The predicted molar refractivity (Wildman–Crippen MR) is 115 cm³/mol. The van der Waals surface area contributed by atoms with E-state index in [0.29, 0.717) is 33.9 Å². The first-order chi connectivity index (χ1) is 15.0. The summed E-state index contributed by atoms with van der Waals surface area (Å²) in [6.07, 6.45) is 0. The molecule has 2 heterocycles. The van der Waals surface area contributed by atoms with Crippen LogP contribution in [0.2, 0.25) is 0 Å². The molecule has 0 saturated carbocycles. The summed E-state index contributed by atoms with van der Waals surface area (Å²) in [5.41, 5.74) is 8.18. The summed E-state index contributed by atoms with van der Waals surface area (Å²) in [6, 6.07) is 20.3. The number of aliphatic imine (C=N–C) groups is 1. The van der Waals surface area contributed by atoms with Gasteiger partial charge in [-0.25, -0.2) is 4.99 Å². The van der Waals surface area contributed by atoms with Crippen molar-refractivity contribution in [3.8, 4) is 34.4 Å². The Hall–Kier alpha value is -4.31. The molecule has 1 amide bonds. The lowest BCUT2D eigenvalue weighted by Crippen LogP contribution is -2.42. The average molecular weight is 410 g/mol. The number of fused-ring (bicyclic) bond motifs is 4. The van der Waals surface area contributed by atoms with Crippen molar-refractivity contribution >= 4 is 11.9 Å². The molecule has 2 aliphatic rings. The molecule has 7 heteroatoms. The van der Waals surface area contributed by atoms with Gasteiger partial charge < -0.3 is 15.2 Å². The van der Waals surface area contributed by atoms with E-state index < -0.39 is 5.54 Å². The van der Waals surface area contributed by atoms with Gasteiger partial charge in [0.1, 0.15) is 17.2 Å². The SMILES string of the molecule is COc1ccc2c(c1)Oc1ccc(-c3cccc(C#N)c3)cc1C21N=C(N)N(C)C1=O. The van der Waals surface area contributed by atoms with Crippen LogP contribution >= 0.6 is 0 Å². The number of nitrogens with zero attached hydrogens (tertiary/aromatic N) is 3. The molecule has 7 nitrogen and oxygen atoms in total. The van der Waals surface area contributed by atoms with E-state index in [4.69, 9.17) is 15.2 Å². The zero-order valence-electron chi connectivity index (χ0n) is 16.9. The Morgan fingerprint density at radius 1 is 1.06 bits per heavy atom. The van der Waals surface area contributed by atoms with E-state index in [-0.39, 0.29) is 11.9 Å². The van der Waals surface area contributed by atoms with E-state index >= 15 is 0 Å². The van der Waals surface area contributed by atoms with Crippen LogP contribution in [0.4, 0.5) is 0 Å². The lowest BCUT2D eigenvalue weighted by atomic mass is 9.79. The fraction of sp³-hybridized carbons (Fsp3) is 0.125. The number of carbonyl (C=O) groups excluding carboxylic acids is 1. The van der Waals surface area contributed by atoms with Gasteiger partial charge in [-0.05, 0) is 47.5 Å². The first-order valence-electron chi connectivity index (χ1n) is 9.63. The van der Waals surface area contributed by atoms with Gasteiger partial charge in [0.15, 0.2) is 5.96 Å². The molecule has 0 aliphatic carbocycles. The molecule has 0 fully saturated rings. The highest BCUT2D eigenvalue weighted by atomic mass is 16.5. The minimum atomic E-state index is -1.35. The molecule has 2 aliphatic heterocycles. The fourth-order valence-corrected chi connectivity index (χ4v) is 4.12. The van der Waals surface area contributed by atoms with Gasteiger partial charge in [-0.15, -0.1) is 0 Å². The van der Waals surface area contributed by atoms with Crippen molar-refractivity contribution in [1.82, 2.24) is 4.90 Å². The summed E-state index contributed by atoms with van der Waals surface area (Å²) in [4.78, 5) is 19.5. The van der Waals surface area contributed by atoms with Crippen LogP contribution in [0.5, 0.6) is 17.2 Å². The molecule has 31 heavy (non-hydrogen) atoms. The number of carbonyl (C=O) groups is 1. The highest BCUT2D eigenvalue weighted by molar-refractivity contribution is 6.10. The molecular weight excluding hydrogens is 392 g/mol. The number of guanidine groups is 1. The lowest BCUT2D eigenvalue weighted by Gasteiger charge is -2.34. The van der Waals surface area contributed by atoms with Crippen molar-refractivity contribution in [2.24, 2.45) is 10.7 Å². The number of benzene rings is 3. The topological polar surface area (TPSA) is 101 Å². The van der Waals surface area contributed by atoms with Crippen molar-refractivity contribution in [2.45, 2.75) is 5.54 Å². The lowest BCUT2D eigenvalue weighted by molar-refractivity contribution is -0.129. The Kier molecular flexibility index (Phi) is 3.99. The molecule has 5 rings (SSSR count). The van der Waals surface area contributed by atoms with Crippen LogP contribution in [0.3, 0.4) is 0 Å². The Bertz CT molecular complexity index is 1320. The van der Waals surface area contributed by atoms with Gasteiger partial charge in [0, 0.05) is 24.2 Å². The summed E-state index contributed by atoms with van der Waals surface area (Å²) >= 11 is 0. The maximum Gasteiger partial charge on any atom is 0.266 e. The van der Waals surface area contributed by atoms with E-state index in [0.717, 1.165) is 11.1 Å². The quantitative estimate of drug-likeness (QED) is 0.698. The van der Waals surface area contributed by atoms with Crippen molar-refractivity contribution in [3.05, 3.63) is 77.4 Å². The number of hydrogen-bond donors (Lipinski definition) is 1. The number of nitriles is 1. The van der Waals surface area contributed by atoms with Gasteiger partial charge in [0.05, 0.1) is 18.7 Å². The van der Waals surface area contributed by atoms with Crippen LogP contribution in [0.15, 0.2) is 65.7 Å². The number of likely N-dealkylation sites (N-methyl/N-ethyl adjacent to an activating group) is 1. The number of ether oxygens (including phenoxy) is 2. The van der Waals surface area contributed by atoms with Crippen LogP contribution < -0.4 is 15.2 Å². The molecule has 1 spiro atoms. The van der Waals surface area contributed by atoms with E-state index in [1.165, 1.54) is 4.90 Å². The monoisotopic (exact) mass is 410 g/mol. The van der Waals surface area contributed by atoms with E-state index in [2.05, 4.69) is 11.1 Å². The summed E-state index contributed by atoms with van der Waals surface area (Å²) in [5, 5.41) is 9.25. The van der Waals surface area contributed by atoms with Crippen LogP contribution in [0.1, 0.15) is 16.7 Å². The molecule has 1 atom stereocenters. The van der Waals surface area contributed by atoms with Crippen molar-refractivity contribution in [3.63, 3.8) is 0 Å². The zero-order valence-corrected chi connectivity index (χ0v) is 16.9. The smallest absolute Gasteiger partial charge is 0.266 e. The molecule has 0 radical (unpaired) electrons. The summed E-state index contributed by atoms with van der Waals surface area (Å²) < 4.78 is 11.5. The number of amides is 1. The number of rotatable bonds is 2. The second-order valence-electron chi connectivity index (χ2n) is 7.41. The van der Waals surface area contributed by atoms with Crippen molar-refractivity contribution < 1.29 is 14.3 Å². The Morgan fingerprint density at radius 3 is 2.58 bits per heavy atom. The highest BCUT2D eigenvalue weighted by Crippen LogP contribution is 2.53. The molecule has 0 saturated heterocycles. The number of nitrogens with two attached hydrogens (primary N) is 1. The molecule has 152 valence electrons. The molecule has 0 aromatic heterocycles. The summed E-state index contributed by atoms with van der Waals surface area (Å²) in [5.74, 6) is 1.49. The Balaban J connectivity index is 1.77. The molecule has 0 bridgehead atoms. The molecular formula is C24H18N4O3. The standard InChI is InChI=1S/C24H18N4O3/c1-28-22(29)24(27-23(28)26)18-8-7-17(30-2)12-21(18)31-20-9-6-16(11-19(20)24)15-5-3-4-14(10-15)13-25/h3-12H,1-2H3,(H2,26,27). The van der Waals surface area contributed by atoms with Gasteiger partial charge in [0.25, 0.3) is 5.91 Å². The Labute approximate surface area is 178 Å². The third-order valence-electron chi connectivity index (χ3n) is 5.73. The minimum absolute atomic E-state index is 0.136. The first kappa shape index (κ1) is 18.7. The minimum Gasteiger partial charge on any atom is -0.497 e. The van der Waals surface area contributed by atoms with E-state index in [9.17, 15) is 10.1 Å². The average Bonchev–Trinajstić information content (AvgIpc) is 3.03. The van der Waals surface area contributed by atoms with E-state index in [1.54, 1.807) is 44.5 Å². The predicted octanol–water partition coefficient (Wildman–Crippen LogP) is 3.37. The molecule has 3 aromatic rings. The van der Waals surface area contributed by atoms with Gasteiger partial charge in [-0.2, -0.15) is 5.26 Å². The van der Waals surface area contributed by atoms with Crippen LogP contribution in [-0.2, 0) is 10.3 Å². The number of hydrogen-bond acceptors (Lipinski definition) is 6. The van der Waals surface area contributed by atoms with Gasteiger partial charge in [-0.3, -0.25) is 9.69 Å². The van der Waals surface area contributed by atoms with Crippen molar-refractivity contribution in [1.29, 1.82) is 5.26 Å². The Morgan fingerprint density at radius 2 is 1.87 bits per heavy atom. The second-order valence-corrected chi connectivity index (χ2v) is 7.41. The molecule has 1 unspecified atom stereocenters. The number of methoxy groups -OCH3 is 1. The second kappa shape index (κ2) is 6.61. The van der Waals surface area contributed by atoms with Gasteiger partial charge in [0.2, 0.25) is 5.54 Å². The third kappa shape index (κ3) is 2.58. The molecule has 2 N–H and O–H groups in total. The van der Waals surface area contributed by atoms with Crippen molar-refractivity contribution in [2.75, 3.05) is 14.2 Å². The van der Waals surface area contributed by atoms with Crippen LogP contribution in [-0.4, -0.2) is 30.9 Å². The van der Waals surface area contributed by atoms with Crippen LogP contribution in [0, 0.1) is 11.3 Å². The molecule has 3 aromatic carbocycles. The van der Waals surface area contributed by atoms with Gasteiger partial charge >= 0.3 is 0 Å². The fourth-order valence-electron chi connectivity index (χ4n) is 4.12. The van der Waals surface area contributed by atoms with Gasteiger partial charge in [-0.1, -0.05) is 18.2 Å². The highest BCUT2D eigenvalue weighted by Gasteiger charge is 2.54. The zero-order chi connectivity index (χ0) is 21.8. The van der Waals surface area contributed by atoms with Crippen LogP contribution in [0.25, 0.3) is 11.1 Å². The maximum atomic E-state index is 13.5. The maximum absolute atomic E-state index is 13.5. The summed E-state index contributed by atoms with van der Waals surface area (Å²) in [7, 11) is 3.18. The normalized spacial score (nSPS) is 18.7.